The summed E-state index contributed by atoms with van der Waals surface area (Å²) in [5.41, 5.74) is 5.50. The fraction of sp³-hybridized carbons (Fsp3) is 1.00. The molecular weight excluding hydrogens is 118 g/mol. The van der Waals surface area contributed by atoms with Gasteiger partial charge in [0.1, 0.15) is 0 Å². The molecule has 0 aromatic heterocycles. The maximum atomic E-state index is 8.34. The zero-order valence-corrected chi connectivity index (χ0v) is 5.42. The third-order valence-electron chi connectivity index (χ3n) is 1.58. The van der Waals surface area contributed by atoms with Gasteiger partial charge in [-0.3, -0.25) is 0 Å². The smallest absolute Gasteiger partial charge is 0.0701 e. The first kappa shape index (κ1) is 6.99. The summed E-state index contributed by atoms with van der Waals surface area (Å²) in [5, 5.41) is 8.34. The van der Waals surface area contributed by atoms with Crippen molar-refractivity contribution in [3.63, 3.8) is 0 Å². The summed E-state index contributed by atoms with van der Waals surface area (Å²) in [6, 6.07) is 0.341. The summed E-state index contributed by atoms with van der Waals surface area (Å²) >= 11 is 0. The van der Waals surface area contributed by atoms with Crippen LogP contribution in [0.3, 0.4) is 0 Å². The van der Waals surface area contributed by atoms with E-state index in [1.165, 1.54) is 0 Å². The maximum Gasteiger partial charge on any atom is 0.0701 e. The molecular formula is C6H13NO2. The van der Waals surface area contributed by atoms with Crippen LogP contribution in [-0.4, -0.2) is 30.5 Å². The number of rotatable bonds is 3. The monoisotopic (exact) mass is 131 g/mol. The predicted octanol–water partition coefficient (Wildman–Crippen LogP) is -0.515. The lowest BCUT2D eigenvalue weighted by molar-refractivity contribution is -0.0229. The van der Waals surface area contributed by atoms with Crippen LogP contribution in [0.2, 0.25) is 0 Å². The summed E-state index contributed by atoms with van der Waals surface area (Å²) in [4.78, 5) is 0. The molecule has 0 heterocycles. The second-order valence-electron chi connectivity index (χ2n) is 2.45. The van der Waals surface area contributed by atoms with Crippen LogP contribution in [0.1, 0.15) is 12.8 Å². The lowest BCUT2D eigenvalue weighted by Gasteiger charge is -2.31. The molecule has 9 heavy (non-hydrogen) atoms. The maximum absolute atomic E-state index is 8.34. The summed E-state index contributed by atoms with van der Waals surface area (Å²) in [6.07, 6.45) is 2.24. The molecule has 1 rings (SSSR count). The first-order valence-corrected chi connectivity index (χ1v) is 3.31. The lowest BCUT2D eigenvalue weighted by atomic mass is 9.90. The van der Waals surface area contributed by atoms with E-state index in [-0.39, 0.29) is 6.61 Å². The Morgan fingerprint density at radius 3 is 2.67 bits per heavy atom. The first-order chi connectivity index (χ1) is 4.33. The molecule has 0 bridgehead atoms. The summed E-state index contributed by atoms with van der Waals surface area (Å²) < 4.78 is 5.17. The second-order valence-corrected chi connectivity index (χ2v) is 2.45. The van der Waals surface area contributed by atoms with E-state index in [0.29, 0.717) is 18.8 Å². The quantitative estimate of drug-likeness (QED) is 0.542. The van der Waals surface area contributed by atoms with Crippen molar-refractivity contribution in [1.82, 2.24) is 0 Å². The minimum absolute atomic E-state index is 0.117. The number of hydrogen-bond acceptors (Lipinski definition) is 3. The highest BCUT2D eigenvalue weighted by Crippen LogP contribution is 2.20. The third-order valence-corrected chi connectivity index (χ3v) is 1.58. The molecule has 0 unspecified atom stereocenters. The van der Waals surface area contributed by atoms with Crippen LogP contribution in [0.15, 0.2) is 0 Å². The molecule has 0 radical (unpaired) electrons. The molecule has 54 valence electrons. The Bertz CT molecular complexity index is 81.1. The molecule has 1 aliphatic carbocycles. The van der Waals surface area contributed by atoms with Crippen LogP contribution in [0, 0.1) is 0 Å². The molecule has 0 aromatic rings. The number of aliphatic hydroxyl groups excluding tert-OH is 1. The van der Waals surface area contributed by atoms with E-state index in [1.807, 2.05) is 0 Å². The molecule has 0 saturated heterocycles. The van der Waals surface area contributed by atoms with Crippen molar-refractivity contribution in [3.8, 4) is 0 Å². The third kappa shape index (κ3) is 1.93. The number of aliphatic hydroxyl groups is 1. The van der Waals surface area contributed by atoms with Gasteiger partial charge < -0.3 is 15.6 Å². The van der Waals surface area contributed by atoms with Gasteiger partial charge in [-0.15, -0.1) is 0 Å². The Morgan fingerprint density at radius 1 is 1.56 bits per heavy atom. The molecule has 0 aromatic carbocycles. The van der Waals surface area contributed by atoms with Crippen LogP contribution in [-0.2, 0) is 4.74 Å². The van der Waals surface area contributed by atoms with E-state index >= 15 is 0 Å². The normalized spacial score (nSPS) is 34.0. The minimum Gasteiger partial charge on any atom is -0.394 e. The largest absolute Gasteiger partial charge is 0.394 e. The standard InChI is InChI=1S/C6H13NO2/c7-5-3-6(4-5)9-2-1-8/h5-6,8H,1-4,7H2/t5-,6+. The number of nitrogens with two attached hydrogens (primary N) is 1. The average Bonchev–Trinajstić information content (AvgIpc) is 1.78. The van der Waals surface area contributed by atoms with Crippen molar-refractivity contribution in [2.45, 2.75) is 25.0 Å². The van der Waals surface area contributed by atoms with Crippen LogP contribution < -0.4 is 5.73 Å². The fourth-order valence-corrected chi connectivity index (χ4v) is 0.962. The Kier molecular flexibility index (Phi) is 2.45. The van der Waals surface area contributed by atoms with E-state index in [1.54, 1.807) is 0 Å². The number of ether oxygens (including phenoxy) is 1. The van der Waals surface area contributed by atoms with Gasteiger partial charge in [0.2, 0.25) is 0 Å². The van der Waals surface area contributed by atoms with E-state index in [0.717, 1.165) is 12.8 Å². The highest BCUT2D eigenvalue weighted by Gasteiger charge is 2.25. The molecule has 1 saturated carbocycles. The molecule has 3 N–H and O–H groups in total. The minimum atomic E-state index is 0.117. The zero-order valence-electron chi connectivity index (χ0n) is 5.42. The average molecular weight is 131 g/mol. The van der Waals surface area contributed by atoms with E-state index in [4.69, 9.17) is 15.6 Å². The van der Waals surface area contributed by atoms with Gasteiger partial charge in [-0.25, -0.2) is 0 Å². The molecule has 0 atom stereocenters. The van der Waals surface area contributed by atoms with Crippen LogP contribution in [0.25, 0.3) is 0 Å². The molecule has 1 fully saturated rings. The van der Waals surface area contributed by atoms with Gasteiger partial charge in [-0.05, 0) is 12.8 Å². The number of hydrogen-bond donors (Lipinski definition) is 2. The summed E-state index contributed by atoms with van der Waals surface area (Å²) in [6.45, 7) is 0.573. The van der Waals surface area contributed by atoms with Crippen molar-refractivity contribution in [2.75, 3.05) is 13.2 Å². The fourth-order valence-electron chi connectivity index (χ4n) is 0.962. The van der Waals surface area contributed by atoms with Crippen molar-refractivity contribution in [3.05, 3.63) is 0 Å². The van der Waals surface area contributed by atoms with Gasteiger partial charge in [0, 0.05) is 6.04 Å². The van der Waals surface area contributed by atoms with Gasteiger partial charge >= 0.3 is 0 Å². The van der Waals surface area contributed by atoms with E-state index < -0.39 is 0 Å². The molecule has 0 spiro atoms. The van der Waals surface area contributed by atoms with Crippen molar-refractivity contribution in [2.24, 2.45) is 5.73 Å². The zero-order chi connectivity index (χ0) is 6.69. The van der Waals surface area contributed by atoms with Crippen molar-refractivity contribution < 1.29 is 9.84 Å². The molecule has 0 amide bonds. The molecule has 3 nitrogen and oxygen atoms in total. The SMILES string of the molecule is N[C@H]1C[C@@H](OCCO)C1. The Morgan fingerprint density at radius 2 is 2.22 bits per heavy atom. The van der Waals surface area contributed by atoms with E-state index in [9.17, 15) is 0 Å². The molecule has 1 aliphatic rings. The Labute approximate surface area is 54.8 Å². The lowest BCUT2D eigenvalue weighted by Crippen LogP contribution is -2.41. The van der Waals surface area contributed by atoms with Gasteiger partial charge in [-0.2, -0.15) is 0 Å². The van der Waals surface area contributed by atoms with Crippen molar-refractivity contribution >= 4 is 0 Å². The van der Waals surface area contributed by atoms with Crippen molar-refractivity contribution in [1.29, 1.82) is 0 Å². The van der Waals surface area contributed by atoms with Gasteiger partial charge in [0.25, 0.3) is 0 Å². The van der Waals surface area contributed by atoms with Gasteiger partial charge in [0.15, 0.2) is 0 Å². The van der Waals surface area contributed by atoms with Gasteiger partial charge in [0.05, 0.1) is 19.3 Å². The highest BCUT2D eigenvalue weighted by molar-refractivity contribution is 4.82. The van der Waals surface area contributed by atoms with Crippen LogP contribution in [0.5, 0.6) is 0 Å². The van der Waals surface area contributed by atoms with E-state index in [2.05, 4.69) is 0 Å². The predicted molar refractivity (Wildman–Crippen MR) is 34.0 cm³/mol. The summed E-state index contributed by atoms with van der Waals surface area (Å²) in [5.74, 6) is 0. The summed E-state index contributed by atoms with van der Waals surface area (Å²) in [7, 11) is 0. The topological polar surface area (TPSA) is 55.5 Å². The highest BCUT2D eigenvalue weighted by atomic mass is 16.5. The second kappa shape index (κ2) is 3.15. The first-order valence-electron chi connectivity index (χ1n) is 3.31. The molecule has 0 aliphatic heterocycles. The van der Waals surface area contributed by atoms with Crippen LogP contribution in [0.4, 0.5) is 0 Å². The Hall–Kier alpha value is -0.120. The molecule has 3 heteroatoms. The van der Waals surface area contributed by atoms with Crippen LogP contribution >= 0.6 is 0 Å². The Balaban J connectivity index is 1.91. The van der Waals surface area contributed by atoms with Gasteiger partial charge in [-0.1, -0.05) is 0 Å².